The lowest BCUT2D eigenvalue weighted by Crippen LogP contribution is -2.24. The highest BCUT2D eigenvalue weighted by Crippen LogP contribution is 2.31. The third-order valence-electron chi connectivity index (χ3n) is 4.13. The van der Waals surface area contributed by atoms with Crippen molar-refractivity contribution in [1.29, 1.82) is 0 Å². The Balaban J connectivity index is 1.57. The first-order chi connectivity index (χ1) is 14.2. The smallest absolute Gasteiger partial charge is 0.230 e. The summed E-state index contributed by atoms with van der Waals surface area (Å²) in [4.78, 5) is 12.2. The molecule has 0 spiro atoms. The molecule has 0 saturated carbocycles. The first kappa shape index (κ1) is 19.3. The highest BCUT2D eigenvalue weighted by atomic mass is 35.5. The maximum Gasteiger partial charge on any atom is 0.230 e. The molecule has 146 valence electrons. The van der Waals surface area contributed by atoms with Crippen LogP contribution in [0.3, 0.4) is 0 Å². The van der Waals surface area contributed by atoms with E-state index in [1.54, 1.807) is 12.3 Å². The van der Waals surface area contributed by atoms with Crippen LogP contribution in [0.1, 0.15) is 5.76 Å². The lowest BCUT2D eigenvalue weighted by atomic mass is 10.2. The van der Waals surface area contributed by atoms with Gasteiger partial charge in [-0.15, -0.1) is 10.2 Å². The molecule has 0 fully saturated rings. The van der Waals surface area contributed by atoms with Crippen LogP contribution < -0.4 is 5.32 Å². The standard InChI is InChI=1S/C21H17ClN4O2S/c22-18-11-5-4-10-17(18)20-24-25-21(26(20)15-7-2-1-3-8-15)29-14-19(27)23-13-16-9-6-12-28-16/h1-12H,13-14H2,(H,23,27). The molecule has 0 aliphatic rings. The minimum atomic E-state index is -0.117. The third kappa shape index (κ3) is 4.52. The summed E-state index contributed by atoms with van der Waals surface area (Å²) < 4.78 is 7.14. The number of rotatable bonds is 7. The highest BCUT2D eigenvalue weighted by Gasteiger charge is 2.18. The summed E-state index contributed by atoms with van der Waals surface area (Å²) in [5.74, 6) is 1.42. The number of halogens is 1. The Hall–Kier alpha value is -3.03. The predicted octanol–water partition coefficient (Wildman–Crippen LogP) is 4.59. The van der Waals surface area contributed by atoms with Crippen LogP contribution in [0.5, 0.6) is 0 Å². The van der Waals surface area contributed by atoms with E-state index >= 15 is 0 Å². The van der Waals surface area contributed by atoms with E-state index in [4.69, 9.17) is 16.0 Å². The molecule has 8 heteroatoms. The van der Waals surface area contributed by atoms with Crippen molar-refractivity contribution in [1.82, 2.24) is 20.1 Å². The Bertz CT molecular complexity index is 1100. The number of nitrogens with zero attached hydrogens (tertiary/aromatic N) is 3. The van der Waals surface area contributed by atoms with E-state index < -0.39 is 0 Å². The number of para-hydroxylation sites is 1. The second kappa shape index (κ2) is 8.98. The Labute approximate surface area is 176 Å². The van der Waals surface area contributed by atoms with Crippen LogP contribution in [0.25, 0.3) is 17.1 Å². The van der Waals surface area contributed by atoms with Gasteiger partial charge >= 0.3 is 0 Å². The van der Waals surface area contributed by atoms with Crippen LogP contribution in [-0.2, 0) is 11.3 Å². The highest BCUT2D eigenvalue weighted by molar-refractivity contribution is 7.99. The average molecular weight is 425 g/mol. The SMILES string of the molecule is O=C(CSc1nnc(-c2ccccc2Cl)n1-c1ccccc1)NCc1ccco1. The molecule has 0 unspecified atom stereocenters. The van der Waals surface area contributed by atoms with Crippen LogP contribution in [-0.4, -0.2) is 26.4 Å². The van der Waals surface area contributed by atoms with Crippen LogP contribution in [0.2, 0.25) is 5.02 Å². The maximum absolute atomic E-state index is 12.2. The van der Waals surface area contributed by atoms with Crippen molar-refractivity contribution in [3.05, 3.63) is 83.8 Å². The van der Waals surface area contributed by atoms with Gasteiger partial charge in [-0.3, -0.25) is 9.36 Å². The Kier molecular flexibility index (Phi) is 5.97. The van der Waals surface area contributed by atoms with Crippen molar-refractivity contribution in [2.24, 2.45) is 0 Å². The molecule has 0 bridgehead atoms. The summed E-state index contributed by atoms with van der Waals surface area (Å²) in [6.07, 6.45) is 1.58. The van der Waals surface area contributed by atoms with Gasteiger partial charge in [-0.1, -0.05) is 53.7 Å². The van der Waals surface area contributed by atoms with E-state index in [1.807, 2.05) is 65.2 Å². The fraction of sp³-hybridized carbons (Fsp3) is 0.0952. The minimum Gasteiger partial charge on any atom is -0.467 e. The van der Waals surface area contributed by atoms with Gasteiger partial charge in [-0.25, -0.2) is 0 Å². The van der Waals surface area contributed by atoms with Gasteiger partial charge in [-0.05, 0) is 36.4 Å². The predicted molar refractivity (Wildman–Crippen MR) is 113 cm³/mol. The second-order valence-corrected chi connectivity index (χ2v) is 7.45. The summed E-state index contributed by atoms with van der Waals surface area (Å²) in [6, 6.07) is 20.8. The molecule has 0 aliphatic heterocycles. The quantitative estimate of drug-likeness (QED) is 0.439. The van der Waals surface area contributed by atoms with Crippen LogP contribution in [0.15, 0.2) is 82.6 Å². The lowest BCUT2D eigenvalue weighted by molar-refractivity contribution is -0.118. The first-order valence-electron chi connectivity index (χ1n) is 8.90. The molecule has 0 atom stereocenters. The van der Waals surface area contributed by atoms with Crippen molar-refractivity contribution >= 4 is 29.3 Å². The molecule has 0 saturated heterocycles. The fourth-order valence-electron chi connectivity index (χ4n) is 2.77. The number of hydrogen-bond donors (Lipinski definition) is 1. The monoisotopic (exact) mass is 424 g/mol. The molecule has 0 radical (unpaired) electrons. The zero-order valence-electron chi connectivity index (χ0n) is 15.3. The van der Waals surface area contributed by atoms with Crippen LogP contribution >= 0.6 is 23.4 Å². The van der Waals surface area contributed by atoms with Gasteiger partial charge in [0.15, 0.2) is 11.0 Å². The molecule has 2 aromatic heterocycles. The molecule has 4 aromatic rings. The number of nitrogens with one attached hydrogen (secondary N) is 1. The van der Waals surface area contributed by atoms with Crippen molar-refractivity contribution in [3.63, 3.8) is 0 Å². The molecule has 2 aromatic carbocycles. The van der Waals surface area contributed by atoms with Gasteiger partial charge in [-0.2, -0.15) is 0 Å². The number of aromatic nitrogens is 3. The number of carbonyl (C=O) groups excluding carboxylic acids is 1. The van der Waals surface area contributed by atoms with E-state index in [9.17, 15) is 4.79 Å². The second-order valence-electron chi connectivity index (χ2n) is 6.10. The van der Waals surface area contributed by atoms with E-state index in [1.165, 1.54) is 11.8 Å². The molecule has 0 aliphatic carbocycles. The molecular formula is C21H17ClN4O2S. The van der Waals surface area contributed by atoms with Gasteiger partial charge < -0.3 is 9.73 Å². The molecule has 2 heterocycles. The molecule has 1 amide bonds. The number of benzene rings is 2. The molecular weight excluding hydrogens is 408 g/mol. The Morgan fingerprint density at radius 1 is 1.03 bits per heavy atom. The summed E-state index contributed by atoms with van der Waals surface area (Å²) in [5, 5.41) is 12.7. The van der Waals surface area contributed by atoms with Gasteiger partial charge in [0.2, 0.25) is 5.91 Å². The van der Waals surface area contributed by atoms with Crippen molar-refractivity contribution in [2.45, 2.75) is 11.7 Å². The van der Waals surface area contributed by atoms with Crippen LogP contribution in [0.4, 0.5) is 0 Å². The molecule has 1 N–H and O–H groups in total. The minimum absolute atomic E-state index is 0.117. The molecule has 4 rings (SSSR count). The van der Waals surface area contributed by atoms with Crippen molar-refractivity contribution < 1.29 is 9.21 Å². The third-order valence-corrected chi connectivity index (χ3v) is 5.39. The Morgan fingerprint density at radius 3 is 2.59 bits per heavy atom. The number of hydrogen-bond acceptors (Lipinski definition) is 5. The summed E-state index contributed by atoms with van der Waals surface area (Å²) in [6.45, 7) is 0.350. The first-order valence-corrected chi connectivity index (χ1v) is 10.3. The lowest BCUT2D eigenvalue weighted by Gasteiger charge is -2.11. The van der Waals surface area contributed by atoms with Gasteiger partial charge in [0.25, 0.3) is 0 Å². The van der Waals surface area contributed by atoms with Crippen molar-refractivity contribution in [3.8, 4) is 17.1 Å². The van der Waals surface area contributed by atoms with E-state index in [0.717, 1.165) is 11.3 Å². The molecule has 6 nitrogen and oxygen atoms in total. The normalized spacial score (nSPS) is 10.8. The average Bonchev–Trinajstić information content (AvgIpc) is 3.41. The van der Waals surface area contributed by atoms with E-state index in [2.05, 4.69) is 15.5 Å². The summed E-state index contributed by atoms with van der Waals surface area (Å²) in [5.41, 5.74) is 1.67. The number of amides is 1. The maximum atomic E-state index is 12.2. The summed E-state index contributed by atoms with van der Waals surface area (Å²) >= 11 is 7.70. The fourth-order valence-corrected chi connectivity index (χ4v) is 3.77. The van der Waals surface area contributed by atoms with Gasteiger partial charge in [0.1, 0.15) is 5.76 Å². The number of furan rings is 1. The van der Waals surface area contributed by atoms with Gasteiger partial charge in [0.05, 0.1) is 23.6 Å². The molecule has 29 heavy (non-hydrogen) atoms. The van der Waals surface area contributed by atoms with Crippen molar-refractivity contribution in [2.75, 3.05) is 5.75 Å². The summed E-state index contributed by atoms with van der Waals surface area (Å²) in [7, 11) is 0. The largest absolute Gasteiger partial charge is 0.467 e. The topological polar surface area (TPSA) is 73.0 Å². The Morgan fingerprint density at radius 2 is 1.83 bits per heavy atom. The number of thioether (sulfide) groups is 1. The van der Waals surface area contributed by atoms with Crippen LogP contribution in [0, 0.1) is 0 Å². The zero-order chi connectivity index (χ0) is 20.1. The zero-order valence-corrected chi connectivity index (χ0v) is 16.9. The van der Waals surface area contributed by atoms with Gasteiger partial charge in [0, 0.05) is 11.3 Å². The van der Waals surface area contributed by atoms with E-state index in [0.29, 0.717) is 28.3 Å². The number of carbonyl (C=O) groups is 1. The van der Waals surface area contributed by atoms with E-state index in [-0.39, 0.29) is 11.7 Å².